The lowest BCUT2D eigenvalue weighted by Crippen LogP contribution is -2.45. The van der Waals surface area contributed by atoms with Crippen molar-refractivity contribution in [3.8, 4) is 0 Å². The van der Waals surface area contributed by atoms with Gasteiger partial charge in [-0.3, -0.25) is 4.55 Å². The fourth-order valence-corrected chi connectivity index (χ4v) is 1.83. The van der Waals surface area contributed by atoms with E-state index < -0.39 is 10.1 Å². The van der Waals surface area contributed by atoms with Crippen molar-refractivity contribution in [3.63, 3.8) is 0 Å². The fourth-order valence-electron chi connectivity index (χ4n) is 1.42. The second kappa shape index (κ2) is 6.42. The van der Waals surface area contributed by atoms with E-state index in [9.17, 15) is 8.42 Å². The molecule has 0 radical (unpaired) electrons. The molecule has 0 unspecified atom stereocenters. The minimum atomic E-state index is -3.82. The molecule has 0 saturated carbocycles. The summed E-state index contributed by atoms with van der Waals surface area (Å²) in [6, 6.07) is 0. The molecular formula is C9H23N2O3S+. The van der Waals surface area contributed by atoms with Crippen LogP contribution in [0.3, 0.4) is 0 Å². The number of nitrogens with zero attached hydrogens (tertiary/aromatic N) is 1. The Hall–Kier alpha value is -0.170. The zero-order valence-electron chi connectivity index (χ0n) is 9.86. The molecule has 0 amide bonds. The van der Waals surface area contributed by atoms with Gasteiger partial charge in [0.2, 0.25) is 0 Å². The maximum Gasteiger partial charge on any atom is 0.266 e. The van der Waals surface area contributed by atoms with Crippen molar-refractivity contribution in [2.24, 2.45) is 0 Å². The predicted octanol–water partition coefficient (Wildman–Crippen LogP) is -0.0498. The molecule has 0 aliphatic rings. The third-order valence-corrected chi connectivity index (χ3v) is 2.98. The first kappa shape index (κ1) is 14.8. The van der Waals surface area contributed by atoms with Gasteiger partial charge in [-0.2, -0.15) is 8.42 Å². The van der Waals surface area contributed by atoms with Crippen LogP contribution in [-0.2, 0) is 10.1 Å². The summed E-state index contributed by atoms with van der Waals surface area (Å²) in [5.74, 6) is -0.214. The van der Waals surface area contributed by atoms with Gasteiger partial charge in [0.1, 0.15) is 0 Å². The molecule has 0 spiro atoms. The summed E-state index contributed by atoms with van der Waals surface area (Å²) in [6.45, 7) is 5.29. The number of rotatable bonds is 8. The predicted molar refractivity (Wildman–Crippen MR) is 61.4 cm³/mol. The quantitative estimate of drug-likeness (QED) is 0.354. The lowest BCUT2D eigenvalue weighted by atomic mass is 10.3. The average Bonchev–Trinajstić information content (AvgIpc) is 2.00. The Morgan fingerprint density at radius 3 is 2.27 bits per heavy atom. The topological polar surface area (TPSA) is 66.4 Å². The molecule has 0 atom stereocenters. The lowest BCUT2D eigenvalue weighted by molar-refractivity contribution is -0.889. The Kier molecular flexibility index (Phi) is 6.35. The van der Waals surface area contributed by atoms with E-state index in [1.807, 2.05) is 0 Å². The van der Waals surface area contributed by atoms with Gasteiger partial charge in [0.15, 0.2) is 0 Å². The maximum absolute atomic E-state index is 10.4. The third kappa shape index (κ3) is 10.1. The van der Waals surface area contributed by atoms with Crippen LogP contribution in [-0.4, -0.2) is 63.5 Å². The highest BCUT2D eigenvalue weighted by Crippen LogP contribution is 1.96. The maximum atomic E-state index is 10.4. The van der Waals surface area contributed by atoms with Crippen LogP contribution in [0.5, 0.6) is 0 Å². The van der Waals surface area contributed by atoms with Crippen molar-refractivity contribution < 1.29 is 17.5 Å². The number of hydrogen-bond acceptors (Lipinski definition) is 3. The number of likely N-dealkylation sites (N-methyl/N-ethyl adjacent to an activating group) is 1. The van der Waals surface area contributed by atoms with Crippen LogP contribution in [0.2, 0.25) is 0 Å². The van der Waals surface area contributed by atoms with Crippen molar-refractivity contribution >= 4 is 10.1 Å². The van der Waals surface area contributed by atoms with Gasteiger partial charge in [-0.25, -0.2) is 0 Å². The van der Waals surface area contributed by atoms with Crippen LogP contribution in [0.25, 0.3) is 0 Å². The second-order valence-electron chi connectivity index (χ2n) is 4.42. The summed E-state index contributed by atoms with van der Waals surface area (Å²) in [6.07, 6.45) is 1.14. The van der Waals surface area contributed by atoms with Gasteiger partial charge < -0.3 is 9.80 Å². The Labute approximate surface area is 92.8 Å². The normalized spacial score (nSPS) is 13.1. The van der Waals surface area contributed by atoms with Gasteiger partial charge in [-0.05, 0) is 6.42 Å². The van der Waals surface area contributed by atoms with Crippen LogP contribution in [0.1, 0.15) is 13.3 Å². The highest BCUT2D eigenvalue weighted by Gasteiger charge is 2.12. The van der Waals surface area contributed by atoms with Gasteiger partial charge in [0, 0.05) is 13.1 Å². The van der Waals surface area contributed by atoms with Crippen molar-refractivity contribution in [1.82, 2.24) is 5.32 Å². The van der Waals surface area contributed by atoms with Crippen LogP contribution in [0, 0.1) is 0 Å². The van der Waals surface area contributed by atoms with Crippen LogP contribution >= 0.6 is 0 Å². The van der Waals surface area contributed by atoms with Crippen molar-refractivity contribution in [3.05, 3.63) is 0 Å². The zero-order chi connectivity index (χ0) is 11.9. The van der Waals surface area contributed by atoms with Crippen LogP contribution in [0.4, 0.5) is 0 Å². The Balaban J connectivity index is 3.54. The van der Waals surface area contributed by atoms with E-state index in [1.165, 1.54) is 0 Å². The Morgan fingerprint density at radius 1 is 1.20 bits per heavy atom. The Morgan fingerprint density at radius 2 is 1.80 bits per heavy atom. The molecule has 5 nitrogen and oxygen atoms in total. The number of nitrogens with one attached hydrogen (secondary N) is 1. The molecule has 0 aliphatic heterocycles. The molecule has 6 heteroatoms. The molecule has 0 aromatic carbocycles. The van der Waals surface area contributed by atoms with Gasteiger partial charge in [0.05, 0.1) is 32.9 Å². The Bertz CT molecular complexity index is 263. The summed E-state index contributed by atoms with van der Waals surface area (Å²) in [5, 5.41) is 3.00. The summed E-state index contributed by atoms with van der Waals surface area (Å²) in [7, 11) is 0.476. The second-order valence-corrected chi connectivity index (χ2v) is 5.99. The molecule has 0 aromatic rings. The zero-order valence-corrected chi connectivity index (χ0v) is 10.7. The van der Waals surface area contributed by atoms with E-state index in [0.717, 1.165) is 30.5 Å². The molecule has 2 N–H and O–H groups in total. The molecule has 0 saturated heterocycles. The van der Waals surface area contributed by atoms with Crippen molar-refractivity contribution in [1.29, 1.82) is 0 Å². The average molecular weight is 239 g/mol. The first-order valence-electron chi connectivity index (χ1n) is 5.25. The minimum Gasteiger partial charge on any atom is -0.327 e. The third-order valence-electron chi connectivity index (χ3n) is 2.26. The summed E-state index contributed by atoms with van der Waals surface area (Å²) in [5.41, 5.74) is 0. The summed E-state index contributed by atoms with van der Waals surface area (Å²) in [4.78, 5) is 0. The van der Waals surface area contributed by atoms with E-state index in [1.54, 1.807) is 0 Å². The molecule has 0 bridgehead atoms. The monoisotopic (exact) mass is 239 g/mol. The molecule has 0 heterocycles. The van der Waals surface area contributed by atoms with E-state index in [4.69, 9.17) is 4.55 Å². The van der Waals surface area contributed by atoms with E-state index >= 15 is 0 Å². The molecule has 0 aliphatic carbocycles. The van der Waals surface area contributed by atoms with Crippen LogP contribution in [0.15, 0.2) is 0 Å². The summed E-state index contributed by atoms with van der Waals surface area (Å²) >= 11 is 0. The molecule has 0 rings (SSSR count). The van der Waals surface area contributed by atoms with E-state index in [0.29, 0.717) is 6.54 Å². The lowest BCUT2D eigenvalue weighted by Gasteiger charge is -2.29. The molecule has 92 valence electrons. The number of quaternary nitrogens is 1. The van der Waals surface area contributed by atoms with E-state index in [2.05, 4.69) is 26.3 Å². The highest BCUT2D eigenvalue weighted by molar-refractivity contribution is 7.85. The standard InChI is InChI=1S/C9H22N2O3S/c1-4-7-11(2,3)8-5-10-6-9-15(12,13)14/h10H,4-9H2,1-3H3/p+1. The van der Waals surface area contributed by atoms with E-state index in [-0.39, 0.29) is 5.75 Å². The van der Waals surface area contributed by atoms with Crippen molar-refractivity contribution in [2.75, 3.05) is 46.0 Å². The van der Waals surface area contributed by atoms with Gasteiger partial charge >= 0.3 is 0 Å². The minimum absolute atomic E-state index is 0.214. The first-order chi connectivity index (χ1) is 6.77. The van der Waals surface area contributed by atoms with Gasteiger partial charge in [-0.1, -0.05) is 6.92 Å². The molecule has 15 heavy (non-hydrogen) atoms. The SMILES string of the molecule is CCC[N+](C)(C)CCNCCS(=O)(=O)O. The van der Waals surface area contributed by atoms with Gasteiger partial charge in [0.25, 0.3) is 10.1 Å². The fraction of sp³-hybridized carbons (Fsp3) is 1.00. The number of hydrogen-bond donors (Lipinski definition) is 2. The highest BCUT2D eigenvalue weighted by atomic mass is 32.2. The van der Waals surface area contributed by atoms with Crippen LogP contribution < -0.4 is 5.32 Å². The van der Waals surface area contributed by atoms with Crippen molar-refractivity contribution in [2.45, 2.75) is 13.3 Å². The van der Waals surface area contributed by atoms with Gasteiger partial charge in [-0.15, -0.1) is 0 Å². The largest absolute Gasteiger partial charge is 0.327 e. The molecule has 0 fully saturated rings. The molecular weight excluding hydrogens is 216 g/mol. The summed E-state index contributed by atoms with van der Waals surface area (Å²) < 4.78 is 30.2. The molecule has 0 aromatic heterocycles. The smallest absolute Gasteiger partial charge is 0.266 e. The first-order valence-corrected chi connectivity index (χ1v) is 6.85.